The molecule has 2 rings (SSSR count). The molecule has 21 heavy (non-hydrogen) atoms. The average Bonchev–Trinajstić information content (AvgIpc) is 2.50. The van der Waals surface area contributed by atoms with Crippen molar-refractivity contribution in [2.24, 2.45) is 0 Å². The fraction of sp³-hybridized carbons (Fsp3) is 0.312. The van der Waals surface area contributed by atoms with Crippen molar-refractivity contribution >= 4 is 17.4 Å². The first-order chi connectivity index (χ1) is 10.2. The van der Waals surface area contributed by atoms with Gasteiger partial charge in [0.1, 0.15) is 11.5 Å². The molecule has 1 heterocycles. The molecule has 0 fully saturated rings. The van der Waals surface area contributed by atoms with Crippen molar-refractivity contribution in [3.05, 3.63) is 47.9 Å². The van der Waals surface area contributed by atoms with Crippen molar-refractivity contribution < 1.29 is 4.79 Å². The molecule has 0 aliphatic rings. The monoisotopic (exact) mass is 284 g/mol. The fourth-order valence-corrected chi connectivity index (χ4v) is 1.83. The van der Waals surface area contributed by atoms with Gasteiger partial charge in [0, 0.05) is 12.2 Å². The van der Waals surface area contributed by atoms with E-state index in [4.69, 9.17) is 0 Å². The third-order valence-electron chi connectivity index (χ3n) is 3.11. The van der Waals surface area contributed by atoms with Crippen LogP contribution in [0.2, 0.25) is 0 Å². The molecule has 0 saturated heterocycles. The van der Waals surface area contributed by atoms with Crippen molar-refractivity contribution in [3.8, 4) is 0 Å². The van der Waals surface area contributed by atoms with E-state index in [2.05, 4.69) is 27.5 Å². The Bertz CT molecular complexity index is 595. The SMILES string of the molecule is CCCCNc1cnc(C(=O)Nc2ccccc2C)cn1. The van der Waals surface area contributed by atoms with E-state index in [1.165, 1.54) is 6.20 Å². The lowest BCUT2D eigenvalue weighted by Gasteiger charge is -2.08. The number of nitrogens with one attached hydrogen (secondary N) is 2. The number of hydrogen-bond donors (Lipinski definition) is 2. The molecule has 1 aromatic carbocycles. The summed E-state index contributed by atoms with van der Waals surface area (Å²) < 4.78 is 0. The Morgan fingerprint density at radius 3 is 2.67 bits per heavy atom. The minimum absolute atomic E-state index is 0.253. The number of carbonyl (C=O) groups excluding carboxylic acids is 1. The highest BCUT2D eigenvalue weighted by Gasteiger charge is 2.09. The Hall–Kier alpha value is -2.43. The number of para-hydroxylation sites is 1. The molecule has 2 aromatic rings. The quantitative estimate of drug-likeness (QED) is 0.799. The van der Waals surface area contributed by atoms with Crippen LogP contribution in [0.3, 0.4) is 0 Å². The van der Waals surface area contributed by atoms with E-state index in [0.29, 0.717) is 11.5 Å². The first kappa shape index (κ1) is 15.0. The Morgan fingerprint density at radius 1 is 1.19 bits per heavy atom. The zero-order chi connectivity index (χ0) is 15.1. The maximum absolute atomic E-state index is 12.1. The van der Waals surface area contributed by atoms with Gasteiger partial charge in [0.15, 0.2) is 0 Å². The molecule has 1 aromatic heterocycles. The number of carbonyl (C=O) groups is 1. The lowest BCUT2D eigenvalue weighted by molar-refractivity contribution is 0.102. The van der Waals surface area contributed by atoms with Gasteiger partial charge in [-0.15, -0.1) is 0 Å². The summed E-state index contributed by atoms with van der Waals surface area (Å²) in [7, 11) is 0. The van der Waals surface area contributed by atoms with Crippen LogP contribution in [-0.2, 0) is 0 Å². The molecule has 0 radical (unpaired) electrons. The van der Waals surface area contributed by atoms with Gasteiger partial charge in [0.25, 0.3) is 5.91 Å². The van der Waals surface area contributed by atoms with Crippen molar-refractivity contribution in [1.82, 2.24) is 9.97 Å². The number of rotatable bonds is 6. The first-order valence-electron chi connectivity index (χ1n) is 7.13. The van der Waals surface area contributed by atoms with Gasteiger partial charge in [0.05, 0.1) is 12.4 Å². The second kappa shape index (κ2) is 7.38. The van der Waals surface area contributed by atoms with Crippen LogP contribution < -0.4 is 10.6 Å². The summed E-state index contributed by atoms with van der Waals surface area (Å²) >= 11 is 0. The molecule has 0 bridgehead atoms. The third-order valence-corrected chi connectivity index (χ3v) is 3.11. The second-order valence-corrected chi connectivity index (χ2v) is 4.84. The Kier molecular flexibility index (Phi) is 5.26. The highest BCUT2D eigenvalue weighted by molar-refractivity contribution is 6.03. The lowest BCUT2D eigenvalue weighted by Crippen LogP contribution is -2.15. The zero-order valence-electron chi connectivity index (χ0n) is 12.4. The van der Waals surface area contributed by atoms with Crippen LogP contribution in [0.4, 0.5) is 11.5 Å². The van der Waals surface area contributed by atoms with Crippen LogP contribution in [0.15, 0.2) is 36.7 Å². The maximum Gasteiger partial charge on any atom is 0.275 e. The molecule has 0 saturated carbocycles. The average molecular weight is 284 g/mol. The minimum atomic E-state index is -0.253. The predicted octanol–water partition coefficient (Wildman–Crippen LogP) is 3.25. The molecule has 1 amide bonds. The van der Waals surface area contributed by atoms with Gasteiger partial charge >= 0.3 is 0 Å². The third kappa shape index (κ3) is 4.27. The Labute approximate surface area is 124 Å². The number of anilines is 2. The molecule has 0 spiro atoms. The number of hydrogen-bond acceptors (Lipinski definition) is 4. The summed E-state index contributed by atoms with van der Waals surface area (Å²) in [6, 6.07) is 7.62. The molecule has 2 N–H and O–H groups in total. The van der Waals surface area contributed by atoms with E-state index in [-0.39, 0.29) is 5.91 Å². The van der Waals surface area contributed by atoms with Crippen molar-refractivity contribution in [1.29, 1.82) is 0 Å². The molecular formula is C16H20N4O. The van der Waals surface area contributed by atoms with E-state index < -0.39 is 0 Å². The smallest absolute Gasteiger partial charge is 0.275 e. The molecule has 0 atom stereocenters. The van der Waals surface area contributed by atoms with Crippen LogP contribution in [0.25, 0.3) is 0 Å². The fourth-order valence-electron chi connectivity index (χ4n) is 1.83. The first-order valence-corrected chi connectivity index (χ1v) is 7.13. The van der Waals surface area contributed by atoms with Crippen LogP contribution in [-0.4, -0.2) is 22.4 Å². The Morgan fingerprint density at radius 2 is 2.00 bits per heavy atom. The van der Waals surface area contributed by atoms with Crippen LogP contribution >= 0.6 is 0 Å². The number of amides is 1. The molecule has 5 nitrogen and oxygen atoms in total. The normalized spacial score (nSPS) is 10.2. The van der Waals surface area contributed by atoms with E-state index in [0.717, 1.165) is 30.6 Å². The molecule has 0 unspecified atom stereocenters. The lowest BCUT2D eigenvalue weighted by atomic mass is 10.2. The summed E-state index contributed by atoms with van der Waals surface area (Å²) in [6.45, 7) is 4.94. The number of unbranched alkanes of at least 4 members (excludes halogenated alkanes) is 1. The molecule has 0 aliphatic carbocycles. The van der Waals surface area contributed by atoms with Crippen molar-refractivity contribution in [3.63, 3.8) is 0 Å². The number of aromatic nitrogens is 2. The summed E-state index contributed by atoms with van der Waals surface area (Å²) in [5.74, 6) is 0.438. The van der Waals surface area contributed by atoms with E-state index in [1.54, 1.807) is 6.20 Å². The molecule has 5 heteroatoms. The topological polar surface area (TPSA) is 66.9 Å². The number of aryl methyl sites for hydroxylation is 1. The van der Waals surface area contributed by atoms with E-state index in [1.807, 2.05) is 31.2 Å². The van der Waals surface area contributed by atoms with Crippen molar-refractivity contribution in [2.45, 2.75) is 26.7 Å². The largest absolute Gasteiger partial charge is 0.369 e. The predicted molar refractivity (Wildman–Crippen MR) is 84.6 cm³/mol. The Balaban J connectivity index is 1.98. The van der Waals surface area contributed by atoms with Gasteiger partial charge in [0.2, 0.25) is 0 Å². The van der Waals surface area contributed by atoms with E-state index >= 15 is 0 Å². The van der Waals surface area contributed by atoms with Gasteiger partial charge in [-0.3, -0.25) is 4.79 Å². The van der Waals surface area contributed by atoms with E-state index in [9.17, 15) is 4.79 Å². The summed E-state index contributed by atoms with van der Waals surface area (Å²) in [5, 5.41) is 6.00. The summed E-state index contributed by atoms with van der Waals surface area (Å²) in [5.41, 5.74) is 2.10. The molecular weight excluding hydrogens is 264 g/mol. The standard InChI is InChI=1S/C16H20N4O/c1-3-4-9-17-15-11-18-14(10-19-15)16(21)20-13-8-6-5-7-12(13)2/h5-8,10-11H,3-4,9H2,1-2H3,(H,17,19)(H,20,21). The number of nitrogens with zero attached hydrogens (tertiary/aromatic N) is 2. The maximum atomic E-state index is 12.1. The van der Waals surface area contributed by atoms with Gasteiger partial charge in [-0.2, -0.15) is 0 Å². The van der Waals surface area contributed by atoms with Crippen LogP contribution in [0.1, 0.15) is 35.8 Å². The van der Waals surface area contributed by atoms with Gasteiger partial charge in [-0.25, -0.2) is 9.97 Å². The molecule has 110 valence electrons. The molecule has 0 aliphatic heterocycles. The second-order valence-electron chi connectivity index (χ2n) is 4.84. The van der Waals surface area contributed by atoms with Crippen molar-refractivity contribution in [2.75, 3.05) is 17.2 Å². The highest BCUT2D eigenvalue weighted by atomic mass is 16.1. The van der Waals surface area contributed by atoms with Crippen LogP contribution in [0, 0.1) is 6.92 Å². The van der Waals surface area contributed by atoms with Crippen LogP contribution in [0.5, 0.6) is 0 Å². The highest BCUT2D eigenvalue weighted by Crippen LogP contribution is 2.14. The number of benzene rings is 1. The zero-order valence-corrected chi connectivity index (χ0v) is 12.4. The van der Waals surface area contributed by atoms with Gasteiger partial charge in [-0.05, 0) is 25.0 Å². The minimum Gasteiger partial charge on any atom is -0.369 e. The van der Waals surface area contributed by atoms with Gasteiger partial charge in [-0.1, -0.05) is 31.5 Å². The summed E-state index contributed by atoms with van der Waals surface area (Å²) in [6.07, 6.45) is 5.28. The summed E-state index contributed by atoms with van der Waals surface area (Å²) in [4.78, 5) is 20.5. The van der Waals surface area contributed by atoms with Gasteiger partial charge < -0.3 is 10.6 Å².